The van der Waals surface area contributed by atoms with E-state index in [0.717, 1.165) is 12.0 Å². The Morgan fingerprint density at radius 2 is 2.00 bits per heavy atom. The zero-order chi connectivity index (χ0) is 18.0. The van der Waals surface area contributed by atoms with E-state index in [-0.39, 0.29) is 6.10 Å². The van der Waals surface area contributed by atoms with Crippen LogP contribution in [-0.4, -0.2) is 22.3 Å². The van der Waals surface area contributed by atoms with Gasteiger partial charge in [-0.3, -0.25) is 0 Å². The Kier molecular flexibility index (Phi) is 5.00. The van der Waals surface area contributed by atoms with Crippen LogP contribution in [-0.2, 0) is 28.2 Å². The van der Waals surface area contributed by atoms with E-state index in [1.807, 2.05) is 35.0 Å². The molecule has 6 heteroatoms. The molecule has 0 aliphatic carbocycles. The molecule has 0 amide bonds. The standard InChI is InChI=1S/C20H18Cl2N2O2/c21-16-6-7-18(19(22)11-16)20(13-24-9-8-23-14-24)25-12-17(26-20)10-15-4-2-1-3-5-15/h1-9,11,14,17H,10,12-13H2. The molecule has 0 spiro atoms. The van der Waals surface area contributed by atoms with Crippen LogP contribution in [0.3, 0.4) is 0 Å². The van der Waals surface area contributed by atoms with Gasteiger partial charge in [-0.2, -0.15) is 0 Å². The summed E-state index contributed by atoms with van der Waals surface area (Å²) in [6, 6.07) is 15.6. The van der Waals surface area contributed by atoms with Gasteiger partial charge in [-0.15, -0.1) is 0 Å². The van der Waals surface area contributed by atoms with E-state index < -0.39 is 5.79 Å². The summed E-state index contributed by atoms with van der Waals surface area (Å²) in [5.74, 6) is -0.970. The van der Waals surface area contributed by atoms with Gasteiger partial charge in [0, 0.05) is 29.4 Å². The SMILES string of the molecule is Clc1ccc(C2(Cn3ccnc3)OCC(Cc3ccccc3)O2)c(Cl)c1. The second-order valence-corrected chi connectivity index (χ2v) is 7.20. The molecule has 0 bridgehead atoms. The molecule has 2 aromatic carbocycles. The predicted octanol–water partition coefficient (Wildman–Crippen LogP) is 4.70. The number of nitrogens with zero attached hydrogens (tertiary/aromatic N) is 2. The van der Waals surface area contributed by atoms with Crippen molar-refractivity contribution < 1.29 is 9.47 Å². The fourth-order valence-corrected chi connectivity index (χ4v) is 3.82. The molecule has 0 saturated carbocycles. The van der Waals surface area contributed by atoms with Crippen LogP contribution >= 0.6 is 23.2 Å². The Balaban J connectivity index is 1.64. The molecule has 134 valence electrons. The molecule has 1 saturated heterocycles. The summed E-state index contributed by atoms with van der Waals surface area (Å²) in [6.45, 7) is 0.947. The molecule has 2 unspecified atom stereocenters. The van der Waals surface area contributed by atoms with Crippen LogP contribution in [0.2, 0.25) is 10.0 Å². The third-order valence-electron chi connectivity index (χ3n) is 4.46. The lowest BCUT2D eigenvalue weighted by atomic mass is 10.1. The number of halogens is 2. The Morgan fingerprint density at radius 3 is 2.73 bits per heavy atom. The van der Waals surface area contributed by atoms with Gasteiger partial charge in [0.25, 0.3) is 0 Å². The van der Waals surface area contributed by atoms with Gasteiger partial charge in [-0.1, -0.05) is 59.6 Å². The van der Waals surface area contributed by atoms with Gasteiger partial charge in [0.1, 0.15) is 0 Å². The summed E-state index contributed by atoms with van der Waals surface area (Å²) < 4.78 is 14.6. The average molecular weight is 389 g/mol. The molecule has 26 heavy (non-hydrogen) atoms. The normalized spacial score (nSPS) is 22.6. The molecule has 0 N–H and O–H groups in total. The molecule has 2 atom stereocenters. The molecular formula is C20H18Cl2N2O2. The monoisotopic (exact) mass is 388 g/mol. The molecular weight excluding hydrogens is 371 g/mol. The van der Waals surface area contributed by atoms with Crippen LogP contribution in [0.4, 0.5) is 0 Å². The highest BCUT2D eigenvalue weighted by Gasteiger charge is 2.45. The summed E-state index contributed by atoms with van der Waals surface area (Å²) in [5, 5.41) is 1.10. The van der Waals surface area contributed by atoms with E-state index in [9.17, 15) is 0 Å². The summed E-state index contributed by atoms with van der Waals surface area (Å²) in [5.41, 5.74) is 1.98. The number of benzene rings is 2. The van der Waals surface area contributed by atoms with Crippen molar-refractivity contribution in [3.05, 3.63) is 88.4 Å². The molecule has 1 aromatic heterocycles. The van der Waals surface area contributed by atoms with E-state index in [4.69, 9.17) is 32.7 Å². The summed E-state index contributed by atoms with van der Waals surface area (Å²) in [7, 11) is 0. The number of hydrogen-bond donors (Lipinski definition) is 0. The molecule has 3 aromatic rings. The van der Waals surface area contributed by atoms with E-state index in [2.05, 4.69) is 17.1 Å². The number of rotatable bonds is 5. The third kappa shape index (κ3) is 3.64. The summed E-state index contributed by atoms with van der Waals surface area (Å²) in [4.78, 5) is 4.11. The van der Waals surface area contributed by atoms with Gasteiger partial charge in [0.05, 0.1) is 30.6 Å². The first-order chi connectivity index (χ1) is 12.6. The van der Waals surface area contributed by atoms with Gasteiger partial charge >= 0.3 is 0 Å². The maximum atomic E-state index is 6.48. The van der Waals surface area contributed by atoms with Crippen LogP contribution in [0.15, 0.2) is 67.3 Å². The van der Waals surface area contributed by atoms with Crippen LogP contribution in [0.1, 0.15) is 11.1 Å². The molecule has 1 fully saturated rings. The minimum absolute atomic E-state index is 0.0623. The lowest BCUT2D eigenvalue weighted by Gasteiger charge is -2.30. The molecule has 4 nitrogen and oxygen atoms in total. The van der Waals surface area contributed by atoms with Crippen molar-refractivity contribution in [1.82, 2.24) is 9.55 Å². The second kappa shape index (κ2) is 7.41. The van der Waals surface area contributed by atoms with E-state index >= 15 is 0 Å². The Labute approximate surface area is 162 Å². The van der Waals surface area contributed by atoms with Crippen LogP contribution in [0, 0.1) is 0 Å². The largest absolute Gasteiger partial charge is 0.342 e. The quantitative estimate of drug-likeness (QED) is 0.635. The van der Waals surface area contributed by atoms with Crippen LogP contribution in [0.5, 0.6) is 0 Å². The number of imidazole rings is 1. The van der Waals surface area contributed by atoms with Crippen molar-refractivity contribution in [2.24, 2.45) is 0 Å². The highest BCUT2D eigenvalue weighted by molar-refractivity contribution is 6.35. The summed E-state index contributed by atoms with van der Waals surface area (Å²) in [6.07, 6.45) is 6.06. The molecule has 1 aliphatic heterocycles. The van der Waals surface area contributed by atoms with Gasteiger partial charge in [-0.25, -0.2) is 4.98 Å². The second-order valence-electron chi connectivity index (χ2n) is 6.35. The minimum atomic E-state index is -0.970. The minimum Gasteiger partial charge on any atom is -0.342 e. The van der Waals surface area contributed by atoms with E-state index in [1.54, 1.807) is 24.7 Å². The maximum absolute atomic E-state index is 6.48. The topological polar surface area (TPSA) is 36.3 Å². The first kappa shape index (κ1) is 17.6. The first-order valence-corrected chi connectivity index (χ1v) is 9.17. The van der Waals surface area contributed by atoms with Crippen molar-refractivity contribution in [2.45, 2.75) is 24.9 Å². The zero-order valence-electron chi connectivity index (χ0n) is 14.0. The van der Waals surface area contributed by atoms with Crippen molar-refractivity contribution in [3.8, 4) is 0 Å². The van der Waals surface area contributed by atoms with Gasteiger partial charge in [0.2, 0.25) is 5.79 Å². The number of hydrogen-bond acceptors (Lipinski definition) is 3. The van der Waals surface area contributed by atoms with Gasteiger partial charge in [0.15, 0.2) is 0 Å². The van der Waals surface area contributed by atoms with Crippen LogP contribution < -0.4 is 0 Å². The Hall–Kier alpha value is -1.85. The van der Waals surface area contributed by atoms with Gasteiger partial charge < -0.3 is 14.0 Å². The van der Waals surface area contributed by atoms with Crippen LogP contribution in [0.25, 0.3) is 0 Å². The molecule has 0 radical (unpaired) electrons. The van der Waals surface area contributed by atoms with Crippen molar-refractivity contribution in [1.29, 1.82) is 0 Å². The van der Waals surface area contributed by atoms with E-state index in [1.165, 1.54) is 5.56 Å². The molecule has 2 heterocycles. The average Bonchev–Trinajstić information content (AvgIpc) is 3.27. The first-order valence-electron chi connectivity index (χ1n) is 8.42. The maximum Gasteiger partial charge on any atom is 0.215 e. The highest BCUT2D eigenvalue weighted by Crippen LogP contribution is 2.41. The number of aromatic nitrogens is 2. The highest BCUT2D eigenvalue weighted by atomic mass is 35.5. The Bertz CT molecular complexity index is 871. The molecule has 4 rings (SSSR count). The smallest absolute Gasteiger partial charge is 0.215 e. The van der Waals surface area contributed by atoms with E-state index in [0.29, 0.717) is 23.2 Å². The zero-order valence-corrected chi connectivity index (χ0v) is 15.5. The fourth-order valence-electron chi connectivity index (χ4n) is 3.27. The third-order valence-corrected chi connectivity index (χ3v) is 5.00. The van der Waals surface area contributed by atoms with Gasteiger partial charge in [-0.05, 0) is 17.7 Å². The van der Waals surface area contributed by atoms with Crippen molar-refractivity contribution in [2.75, 3.05) is 6.61 Å². The summed E-state index contributed by atoms with van der Waals surface area (Å²) >= 11 is 12.5. The lowest BCUT2D eigenvalue weighted by Crippen LogP contribution is -2.34. The number of ether oxygens (including phenoxy) is 2. The lowest BCUT2D eigenvalue weighted by molar-refractivity contribution is -0.186. The van der Waals surface area contributed by atoms with Crippen molar-refractivity contribution in [3.63, 3.8) is 0 Å². The predicted molar refractivity (Wildman–Crippen MR) is 101 cm³/mol. The van der Waals surface area contributed by atoms with Crippen molar-refractivity contribution >= 4 is 23.2 Å². The molecule has 1 aliphatic rings. The Morgan fingerprint density at radius 1 is 1.15 bits per heavy atom. The fraction of sp³-hybridized carbons (Fsp3) is 0.250.